The van der Waals surface area contributed by atoms with Gasteiger partial charge in [0.2, 0.25) is 5.75 Å². The Bertz CT molecular complexity index is 771. The summed E-state index contributed by atoms with van der Waals surface area (Å²) < 4.78 is 38.8. The standard InChI is InChI=1S/C14H11F2IN2O4/c1-22-10-6-11(23-2)14(19(20)21)13(12(10)16)18-9-4-3-7(17)5-8(9)15/h3-6,18H,1-2H3. The van der Waals surface area contributed by atoms with Crippen LogP contribution in [0.1, 0.15) is 0 Å². The van der Waals surface area contributed by atoms with Crippen LogP contribution in [0.4, 0.5) is 25.8 Å². The average molecular weight is 436 g/mol. The summed E-state index contributed by atoms with van der Waals surface area (Å²) in [5, 5.41) is 13.7. The van der Waals surface area contributed by atoms with E-state index in [4.69, 9.17) is 9.47 Å². The van der Waals surface area contributed by atoms with Crippen molar-refractivity contribution >= 4 is 39.7 Å². The van der Waals surface area contributed by atoms with Gasteiger partial charge in [0.1, 0.15) is 5.82 Å². The van der Waals surface area contributed by atoms with E-state index in [2.05, 4.69) is 5.32 Å². The molecule has 6 nitrogen and oxygen atoms in total. The molecule has 0 aliphatic rings. The molecule has 0 saturated carbocycles. The number of nitrogens with one attached hydrogen (secondary N) is 1. The molecular weight excluding hydrogens is 425 g/mol. The molecule has 0 aliphatic heterocycles. The molecule has 2 rings (SSSR count). The van der Waals surface area contributed by atoms with E-state index in [1.54, 1.807) is 6.07 Å². The molecule has 0 atom stereocenters. The lowest BCUT2D eigenvalue weighted by atomic mass is 10.2. The van der Waals surface area contributed by atoms with E-state index in [0.717, 1.165) is 6.07 Å². The van der Waals surface area contributed by atoms with Crippen molar-refractivity contribution in [3.05, 3.63) is 49.6 Å². The van der Waals surface area contributed by atoms with Gasteiger partial charge in [0.25, 0.3) is 0 Å². The Morgan fingerprint density at radius 2 is 1.83 bits per heavy atom. The summed E-state index contributed by atoms with van der Waals surface area (Å²) in [6.45, 7) is 0. The van der Waals surface area contributed by atoms with E-state index in [-0.39, 0.29) is 17.2 Å². The molecule has 0 aromatic heterocycles. The number of nitro groups is 1. The number of ether oxygens (including phenoxy) is 2. The predicted molar refractivity (Wildman–Crippen MR) is 88.6 cm³/mol. The fourth-order valence-corrected chi connectivity index (χ4v) is 2.38. The SMILES string of the molecule is COc1cc(OC)c([N+](=O)[O-])c(Nc2ccc(I)cc2F)c1F. The number of rotatable bonds is 5. The summed E-state index contributed by atoms with van der Waals surface area (Å²) in [6.07, 6.45) is 0. The summed E-state index contributed by atoms with van der Waals surface area (Å²) in [5.41, 5.74) is -1.29. The number of nitrogens with zero attached hydrogens (tertiary/aromatic N) is 1. The molecule has 2 aromatic carbocycles. The van der Waals surface area contributed by atoms with Crippen LogP contribution in [0, 0.1) is 25.3 Å². The maximum Gasteiger partial charge on any atom is 0.337 e. The van der Waals surface area contributed by atoms with Gasteiger partial charge in [-0.3, -0.25) is 10.1 Å². The minimum absolute atomic E-state index is 0.109. The normalized spacial score (nSPS) is 10.3. The highest BCUT2D eigenvalue weighted by Gasteiger charge is 2.29. The molecule has 23 heavy (non-hydrogen) atoms. The van der Waals surface area contributed by atoms with Gasteiger partial charge in [-0.2, -0.15) is 0 Å². The maximum absolute atomic E-state index is 14.4. The summed E-state index contributed by atoms with van der Waals surface area (Å²) >= 11 is 1.91. The molecule has 0 aliphatic carbocycles. The van der Waals surface area contributed by atoms with Crippen LogP contribution >= 0.6 is 22.6 Å². The molecule has 0 radical (unpaired) electrons. The average Bonchev–Trinajstić information content (AvgIpc) is 2.50. The number of nitro benzene ring substituents is 1. The number of hydrogen-bond acceptors (Lipinski definition) is 5. The second-order valence-electron chi connectivity index (χ2n) is 4.32. The Morgan fingerprint density at radius 3 is 2.35 bits per heavy atom. The van der Waals surface area contributed by atoms with Crippen molar-refractivity contribution < 1.29 is 23.2 Å². The lowest BCUT2D eigenvalue weighted by molar-refractivity contribution is -0.385. The molecule has 1 N–H and O–H groups in total. The Kier molecular flexibility index (Phi) is 5.19. The van der Waals surface area contributed by atoms with Crippen molar-refractivity contribution in [2.24, 2.45) is 0 Å². The van der Waals surface area contributed by atoms with Gasteiger partial charge in [-0.1, -0.05) is 0 Å². The van der Waals surface area contributed by atoms with Crippen LogP contribution in [0.15, 0.2) is 24.3 Å². The number of hydrogen-bond donors (Lipinski definition) is 1. The summed E-state index contributed by atoms with van der Waals surface area (Å²) in [6, 6.07) is 5.20. The summed E-state index contributed by atoms with van der Waals surface area (Å²) in [5.74, 6) is -2.16. The van der Waals surface area contributed by atoms with Crippen molar-refractivity contribution in [3.63, 3.8) is 0 Å². The van der Waals surface area contributed by atoms with Crippen LogP contribution in [0.2, 0.25) is 0 Å². The van der Waals surface area contributed by atoms with Gasteiger partial charge in [-0.15, -0.1) is 0 Å². The molecule has 0 heterocycles. The number of methoxy groups -OCH3 is 2. The maximum atomic E-state index is 14.4. The number of anilines is 2. The Morgan fingerprint density at radius 1 is 1.17 bits per heavy atom. The number of halogens is 3. The summed E-state index contributed by atoms with van der Waals surface area (Å²) in [7, 11) is 2.41. The van der Waals surface area contributed by atoms with Gasteiger partial charge in [-0.25, -0.2) is 8.78 Å². The molecule has 0 bridgehead atoms. The molecule has 0 spiro atoms. The molecule has 0 fully saturated rings. The second-order valence-corrected chi connectivity index (χ2v) is 5.57. The zero-order valence-electron chi connectivity index (χ0n) is 12.0. The fraction of sp³-hybridized carbons (Fsp3) is 0.143. The van der Waals surface area contributed by atoms with Gasteiger partial charge in [-0.05, 0) is 40.8 Å². The van der Waals surface area contributed by atoms with Crippen LogP contribution in [-0.2, 0) is 0 Å². The van der Waals surface area contributed by atoms with Crippen LogP contribution in [0.5, 0.6) is 11.5 Å². The van der Waals surface area contributed by atoms with Gasteiger partial charge in [0.15, 0.2) is 17.3 Å². The quantitative estimate of drug-likeness (QED) is 0.432. The van der Waals surface area contributed by atoms with E-state index in [1.165, 1.54) is 26.4 Å². The molecule has 0 saturated heterocycles. The first-order chi connectivity index (χ1) is 10.9. The van der Waals surface area contributed by atoms with Gasteiger partial charge < -0.3 is 14.8 Å². The lowest BCUT2D eigenvalue weighted by Crippen LogP contribution is -2.05. The van der Waals surface area contributed by atoms with E-state index < -0.39 is 27.9 Å². The summed E-state index contributed by atoms with van der Waals surface area (Å²) in [4.78, 5) is 10.5. The van der Waals surface area contributed by atoms with Crippen LogP contribution in [0.25, 0.3) is 0 Å². The zero-order valence-corrected chi connectivity index (χ0v) is 14.2. The van der Waals surface area contributed by atoms with E-state index in [1.807, 2.05) is 22.6 Å². The highest BCUT2D eigenvalue weighted by atomic mass is 127. The lowest BCUT2D eigenvalue weighted by Gasteiger charge is -2.14. The molecule has 0 amide bonds. The first-order valence-electron chi connectivity index (χ1n) is 6.20. The highest BCUT2D eigenvalue weighted by molar-refractivity contribution is 14.1. The van der Waals surface area contributed by atoms with E-state index in [9.17, 15) is 18.9 Å². The van der Waals surface area contributed by atoms with Gasteiger partial charge >= 0.3 is 5.69 Å². The van der Waals surface area contributed by atoms with E-state index in [0.29, 0.717) is 3.57 Å². The highest BCUT2D eigenvalue weighted by Crippen LogP contribution is 2.43. The molecule has 9 heteroatoms. The van der Waals surface area contributed by atoms with Crippen molar-refractivity contribution in [2.45, 2.75) is 0 Å². The second kappa shape index (κ2) is 6.94. The minimum Gasteiger partial charge on any atom is -0.493 e. The van der Waals surface area contributed by atoms with Crippen molar-refractivity contribution in [3.8, 4) is 11.5 Å². The number of benzene rings is 2. The van der Waals surface area contributed by atoms with Gasteiger partial charge in [0, 0.05) is 9.64 Å². The van der Waals surface area contributed by atoms with Crippen LogP contribution in [-0.4, -0.2) is 19.1 Å². The molecular formula is C14H11F2IN2O4. The largest absolute Gasteiger partial charge is 0.493 e. The third-order valence-electron chi connectivity index (χ3n) is 2.98. The van der Waals surface area contributed by atoms with Crippen molar-refractivity contribution in [2.75, 3.05) is 19.5 Å². The van der Waals surface area contributed by atoms with Crippen LogP contribution in [0.3, 0.4) is 0 Å². The smallest absolute Gasteiger partial charge is 0.337 e. The van der Waals surface area contributed by atoms with Gasteiger partial charge in [0.05, 0.1) is 24.8 Å². The molecule has 122 valence electrons. The fourth-order valence-electron chi connectivity index (χ4n) is 1.93. The Hall–Kier alpha value is -2.17. The topological polar surface area (TPSA) is 73.6 Å². The molecule has 0 unspecified atom stereocenters. The van der Waals surface area contributed by atoms with Crippen molar-refractivity contribution in [1.82, 2.24) is 0 Å². The van der Waals surface area contributed by atoms with Crippen LogP contribution < -0.4 is 14.8 Å². The Labute approximate surface area is 143 Å². The van der Waals surface area contributed by atoms with Crippen molar-refractivity contribution in [1.29, 1.82) is 0 Å². The first-order valence-corrected chi connectivity index (χ1v) is 7.27. The van der Waals surface area contributed by atoms with E-state index >= 15 is 0 Å². The first kappa shape index (κ1) is 17.2. The predicted octanol–water partition coefficient (Wildman–Crippen LogP) is 4.24. The third kappa shape index (κ3) is 3.44. The third-order valence-corrected chi connectivity index (χ3v) is 3.65. The Balaban J connectivity index is 2.65. The monoisotopic (exact) mass is 436 g/mol. The minimum atomic E-state index is -1.02. The zero-order chi connectivity index (χ0) is 17.1. The molecule has 2 aromatic rings.